The summed E-state index contributed by atoms with van der Waals surface area (Å²) in [6, 6.07) is 0. The van der Waals surface area contributed by atoms with Crippen molar-refractivity contribution in [2.45, 2.75) is 102 Å². The summed E-state index contributed by atoms with van der Waals surface area (Å²) >= 11 is 0. The van der Waals surface area contributed by atoms with Crippen LogP contribution in [0.2, 0.25) is 0 Å². The summed E-state index contributed by atoms with van der Waals surface area (Å²) < 4.78 is 34.1. The van der Waals surface area contributed by atoms with E-state index in [0.717, 1.165) is 25.7 Å². The van der Waals surface area contributed by atoms with Gasteiger partial charge in [0, 0.05) is 0 Å². The van der Waals surface area contributed by atoms with Crippen LogP contribution in [0, 0.1) is 0 Å². The number of phosphoric ester groups is 1. The third kappa shape index (κ3) is 8.98. The summed E-state index contributed by atoms with van der Waals surface area (Å²) in [5, 5.41) is 0. The van der Waals surface area contributed by atoms with E-state index in [-0.39, 0.29) is 12.2 Å². The SMILES string of the molecule is CC(COC1CCCCC1)OP(=O)(O)OC(C)COC1CCCCC1. The van der Waals surface area contributed by atoms with Gasteiger partial charge in [-0.25, -0.2) is 4.57 Å². The molecule has 0 amide bonds. The van der Waals surface area contributed by atoms with Gasteiger partial charge in [0.25, 0.3) is 0 Å². The molecule has 25 heavy (non-hydrogen) atoms. The first kappa shape index (κ1) is 21.3. The van der Waals surface area contributed by atoms with Crippen LogP contribution < -0.4 is 0 Å². The molecule has 0 bridgehead atoms. The molecule has 0 aromatic carbocycles. The lowest BCUT2D eigenvalue weighted by Crippen LogP contribution is -2.25. The van der Waals surface area contributed by atoms with Gasteiger partial charge in [-0.2, -0.15) is 0 Å². The molecule has 0 spiro atoms. The van der Waals surface area contributed by atoms with Crippen LogP contribution in [0.3, 0.4) is 0 Å². The summed E-state index contributed by atoms with van der Waals surface area (Å²) in [5.74, 6) is 0. The maximum absolute atomic E-state index is 12.1. The Morgan fingerprint density at radius 3 is 1.52 bits per heavy atom. The zero-order chi connectivity index (χ0) is 18.1. The molecule has 2 unspecified atom stereocenters. The van der Waals surface area contributed by atoms with E-state index in [9.17, 15) is 9.46 Å². The first-order valence-electron chi connectivity index (χ1n) is 9.87. The van der Waals surface area contributed by atoms with Crippen LogP contribution >= 0.6 is 7.82 Å². The van der Waals surface area contributed by atoms with Crippen LogP contribution in [0.25, 0.3) is 0 Å². The number of ether oxygens (including phenoxy) is 2. The second-order valence-corrected chi connectivity index (χ2v) is 8.85. The first-order chi connectivity index (χ1) is 11.9. The Morgan fingerprint density at radius 1 is 0.800 bits per heavy atom. The van der Waals surface area contributed by atoms with Crippen molar-refractivity contribution in [2.75, 3.05) is 13.2 Å². The van der Waals surface area contributed by atoms with E-state index in [2.05, 4.69) is 0 Å². The van der Waals surface area contributed by atoms with Crippen molar-refractivity contribution in [1.82, 2.24) is 0 Å². The molecule has 0 aliphatic heterocycles. The largest absolute Gasteiger partial charge is 0.472 e. The molecule has 2 aliphatic carbocycles. The van der Waals surface area contributed by atoms with Crippen LogP contribution in [0.1, 0.15) is 78.1 Å². The Labute approximate surface area is 152 Å². The third-order valence-corrected chi connectivity index (χ3v) is 6.12. The topological polar surface area (TPSA) is 74.2 Å². The molecule has 6 nitrogen and oxygen atoms in total. The molecular weight excluding hydrogens is 343 g/mol. The predicted octanol–water partition coefficient (Wildman–Crippen LogP) is 4.60. The highest BCUT2D eigenvalue weighted by atomic mass is 31.2. The normalized spacial score (nSPS) is 25.4. The fourth-order valence-corrected chi connectivity index (χ4v) is 4.63. The van der Waals surface area contributed by atoms with Crippen molar-refractivity contribution >= 4 is 7.82 Å². The maximum atomic E-state index is 12.1. The first-order valence-corrected chi connectivity index (χ1v) is 11.4. The van der Waals surface area contributed by atoms with E-state index in [1.54, 1.807) is 13.8 Å². The van der Waals surface area contributed by atoms with Gasteiger partial charge in [0.05, 0.1) is 37.6 Å². The number of rotatable bonds is 10. The van der Waals surface area contributed by atoms with E-state index in [1.165, 1.54) is 38.5 Å². The summed E-state index contributed by atoms with van der Waals surface area (Å²) in [6.45, 7) is 4.09. The van der Waals surface area contributed by atoms with Gasteiger partial charge in [-0.05, 0) is 39.5 Å². The van der Waals surface area contributed by atoms with Crippen LogP contribution in [-0.2, 0) is 23.1 Å². The molecule has 2 rings (SSSR count). The lowest BCUT2D eigenvalue weighted by molar-refractivity contribution is -0.0380. The lowest BCUT2D eigenvalue weighted by atomic mass is 9.98. The van der Waals surface area contributed by atoms with E-state index >= 15 is 0 Å². The van der Waals surface area contributed by atoms with Crippen molar-refractivity contribution in [1.29, 1.82) is 0 Å². The second kappa shape index (κ2) is 11.0. The molecule has 2 fully saturated rings. The van der Waals surface area contributed by atoms with Crippen molar-refractivity contribution in [3.63, 3.8) is 0 Å². The van der Waals surface area contributed by atoms with Crippen molar-refractivity contribution < 1.29 is 28.0 Å². The Morgan fingerprint density at radius 2 is 1.16 bits per heavy atom. The lowest BCUT2D eigenvalue weighted by Gasteiger charge is -2.26. The van der Waals surface area contributed by atoms with Gasteiger partial charge in [0.2, 0.25) is 0 Å². The van der Waals surface area contributed by atoms with Gasteiger partial charge in [0.1, 0.15) is 0 Å². The smallest absolute Gasteiger partial charge is 0.376 e. The molecule has 2 saturated carbocycles. The summed E-state index contributed by atoms with van der Waals surface area (Å²) in [5.41, 5.74) is 0. The maximum Gasteiger partial charge on any atom is 0.472 e. The molecule has 1 N–H and O–H groups in total. The van der Waals surface area contributed by atoms with E-state index in [4.69, 9.17) is 18.5 Å². The van der Waals surface area contributed by atoms with Gasteiger partial charge in [-0.15, -0.1) is 0 Å². The minimum atomic E-state index is -4.10. The standard InChI is InChI=1S/C18H35O6P/c1-15(13-21-17-9-5-3-6-10-17)23-25(19,20)24-16(2)14-22-18-11-7-4-8-12-18/h15-18H,3-14H2,1-2H3,(H,19,20). The van der Waals surface area contributed by atoms with Gasteiger partial charge >= 0.3 is 7.82 Å². The van der Waals surface area contributed by atoms with Gasteiger partial charge in [-0.1, -0.05) is 38.5 Å². The quantitative estimate of drug-likeness (QED) is 0.560. The van der Waals surface area contributed by atoms with E-state index in [1.807, 2.05) is 0 Å². The molecular formula is C18H35O6P. The Kier molecular flexibility index (Phi) is 9.39. The predicted molar refractivity (Wildman–Crippen MR) is 96.6 cm³/mol. The van der Waals surface area contributed by atoms with Crippen molar-refractivity contribution in [3.8, 4) is 0 Å². The van der Waals surface area contributed by atoms with Crippen LogP contribution in [-0.4, -0.2) is 42.5 Å². The molecule has 0 aromatic rings. The van der Waals surface area contributed by atoms with Gasteiger partial charge in [-0.3, -0.25) is 9.05 Å². The fourth-order valence-electron chi connectivity index (χ4n) is 3.55. The van der Waals surface area contributed by atoms with E-state index < -0.39 is 20.0 Å². The van der Waals surface area contributed by atoms with E-state index in [0.29, 0.717) is 13.2 Å². The number of hydrogen-bond donors (Lipinski definition) is 1. The highest BCUT2D eigenvalue weighted by molar-refractivity contribution is 7.47. The molecule has 0 saturated heterocycles. The van der Waals surface area contributed by atoms with Gasteiger partial charge < -0.3 is 14.4 Å². The fraction of sp³-hybridized carbons (Fsp3) is 1.00. The molecule has 0 aromatic heterocycles. The highest BCUT2D eigenvalue weighted by Crippen LogP contribution is 2.46. The monoisotopic (exact) mass is 378 g/mol. The van der Waals surface area contributed by atoms with Crippen LogP contribution in [0.5, 0.6) is 0 Å². The second-order valence-electron chi connectivity index (χ2n) is 7.49. The summed E-state index contributed by atoms with van der Waals surface area (Å²) in [4.78, 5) is 9.93. The van der Waals surface area contributed by atoms with Crippen molar-refractivity contribution in [3.05, 3.63) is 0 Å². The molecule has 2 aliphatic rings. The average Bonchev–Trinajstić information content (AvgIpc) is 2.59. The average molecular weight is 378 g/mol. The van der Waals surface area contributed by atoms with Crippen molar-refractivity contribution in [2.24, 2.45) is 0 Å². The van der Waals surface area contributed by atoms with Gasteiger partial charge in [0.15, 0.2) is 0 Å². The minimum Gasteiger partial charge on any atom is -0.376 e. The molecule has 148 valence electrons. The zero-order valence-electron chi connectivity index (χ0n) is 15.7. The molecule has 0 radical (unpaired) electrons. The summed E-state index contributed by atoms with van der Waals surface area (Å²) in [7, 11) is -4.10. The number of phosphoric acid groups is 1. The molecule has 2 atom stereocenters. The highest BCUT2D eigenvalue weighted by Gasteiger charge is 2.28. The Bertz CT molecular complexity index is 372. The minimum absolute atomic E-state index is 0.251. The Balaban J connectivity index is 1.62. The van der Waals surface area contributed by atoms with Crippen LogP contribution in [0.4, 0.5) is 0 Å². The number of hydrogen-bond acceptors (Lipinski definition) is 5. The van der Waals surface area contributed by atoms with Crippen LogP contribution in [0.15, 0.2) is 0 Å². The third-order valence-electron chi connectivity index (χ3n) is 4.86. The zero-order valence-corrected chi connectivity index (χ0v) is 16.6. The molecule has 0 heterocycles. The Hall–Kier alpha value is 0.0300. The summed E-state index contributed by atoms with van der Waals surface area (Å²) in [6.07, 6.45) is 11.1. The molecule has 7 heteroatoms.